The van der Waals surface area contributed by atoms with Gasteiger partial charge in [0.15, 0.2) is 0 Å². The minimum Gasteiger partial charge on any atom is -0.378 e. The molecule has 6 nitrogen and oxygen atoms in total. The first-order chi connectivity index (χ1) is 12.6. The van der Waals surface area contributed by atoms with Gasteiger partial charge in [0.25, 0.3) is 0 Å². The van der Waals surface area contributed by atoms with Gasteiger partial charge in [0.05, 0.1) is 4.90 Å². The zero-order valence-electron chi connectivity index (χ0n) is 15.9. The van der Waals surface area contributed by atoms with Gasteiger partial charge in [-0.3, -0.25) is 4.79 Å². The van der Waals surface area contributed by atoms with Gasteiger partial charge >= 0.3 is 0 Å². The van der Waals surface area contributed by atoms with Crippen LogP contribution >= 0.6 is 0 Å². The van der Waals surface area contributed by atoms with Crippen molar-refractivity contribution < 1.29 is 17.6 Å². The number of hydrogen-bond donors (Lipinski definition) is 1. The molecule has 0 aromatic heterocycles. The number of rotatable bonds is 7. The fraction of sp³-hybridized carbons (Fsp3) is 0.316. The van der Waals surface area contributed by atoms with E-state index in [0.717, 1.165) is 11.8 Å². The molecule has 0 aliphatic rings. The molecule has 2 aromatic rings. The summed E-state index contributed by atoms with van der Waals surface area (Å²) in [6.07, 6.45) is 0. The molecule has 0 fully saturated rings. The summed E-state index contributed by atoms with van der Waals surface area (Å²) in [5.74, 6) is -0.680. The van der Waals surface area contributed by atoms with Crippen LogP contribution in [0.5, 0.6) is 0 Å². The molecule has 0 atom stereocenters. The topological polar surface area (TPSA) is 69.7 Å². The predicted molar refractivity (Wildman–Crippen MR) is 105 cm³/mol. The molecule has 0 bridgehead atoms. The second kappa shape index (κ2) is 8.49. The van der Waals surface area contributed by atoms with E-state index in [1.165, 1.54) is 30.9 Å². The Hall–Kier alpha value is -2.45. The highest BCUT2D eigenvalue weighted by atomic mass is 32.2. The summed E-state index contributed by atoms with van der Waals surface area (Å²) in [6.45, 7) is 3.18. The van der Waals surface area contributed by atoms with Crippen molar-refractivity contribution in [2.75, 3.05) is 37.0 Å². The molecule has 2 aromatic carbocycles. The fourth-order valence-corrected chi connectivity index (χ4v) is 3.93. The summed E-state index contributed by atoms with van der Waals surface area (Å²) in [4.78, 5) is 15.4. The van der Waals surface area contributed by atoms with Crippen LogP contribution in [-0.4, -0.2) is 41.5 Å². The molecular formula is C19H24FN3O3S. The van der Waals surface area contributed by atoms with E-state index in [9.17, 15) is 17.6 Å². The summed E-state index contributed by atoms with van der Waals surface area (Å²) >= 11 is 0. The predicted octanol–water partition coefficient (Wildman–Crippen LogP) is 2.53. The second-order valence-corrected chi connectivity index (χ2v) is 8.12. The second-order valence-electron chi connectivity index (χ2n) is 6.39. The van der Waals surface area contributed by atoms with E-state index in [1.807, 2.05) is 43.3 Å². The van der Waals surface area contributed by atoms with Gasteiger partial charge in [0.2, 0.25) is 15.9 Å². The van der Waals surface area contributed by atoms with Crippen molar-refractivity contribution in [2.45, 2.75) is 18.7 Å². The van der Waals surface area contributed by atoms with E-state index >= 15 is 0 Å². The van der Waals surface area contributed by atoms with E-state index < -0.39 is 15.8 Å². The molecule has 0 spiro atoms. The number of aryl methyl sites for hydroxylation is 1. The van der Waals surface area contributed by atoms with Crippen LogP contribution in [-0.2, 0) is 14.8 Å². The van der Waals surface area contributed by atoms with Gasteiger partial charge in [-0.05, 0) is 55.0 Å². The molecule has 0 unspecified atom stereocenters. The fourth-order valence-electron chi connectivity index (χ4n) is 2.68. The molecule has 0 aliphatic heterocycles. The smallest absolute Gasteiger partial charge is 0.240 e. The molecule has 0 radical (unpaired) electrons. The van der Waals surface area contributed by atoms with Crippen LogP contribution in [0.4, 0.5) is 15.8 Å². The molecule has 2 rings (SSSR count). The monoisotopic (exact) mass is 393 g/mol. The summed E-state index contributed by atoms with van der Waals surface area (Å²) < 4.78 is 40.5. The normalized spacial score (nSPS) is 11.3. The van der Waals surface area contributed by atoms with Crippen molar-refractivity contribution in [3.63, 3.8) is 0 Å². The third-order valence-corrected chi connectivity index (χ3v) is 5.73. The number of amides is 1. The Balaban J connectivity index is 2.09. The molecule has 0 heterocycles. The van der Waals surface area contributed by atoms with Crippen LogP contribution in [0.1, 0.15) is 12.5 Å². The summed E-state index contributed by atoms with van der Waals surface area (Å²) in [6, 6.07) is 10.9. The number of benzene rings is 2. The standard InChI is InChI=1S/C19H24FN3O3S/c1-14-13-16(20)5-10-19(14)27(25,26)21-11-12-23(15(2)24)18-8-6-17(7-9-18)22(3)4/h5-10,13,21H,11-12H2,1-4H3. The van der Waals surface area contributed by atoms with Crippen molar-refractivity contribution in [2.24, 2.45) is 0 Å². The lowest BCUT2D eigenvalue weighted by atomic mass is 10.2. The van der Waals surface area contributed by atoms with Gasteiger partial charge in [0, 0.05) is 45.5 Å². The Morgan fingerprint density at radius 3 is 2.19 bits per heavy atom. The maximum Gasteiger partial charge on any atom is 0.240 e. The molecule has 1 N–H and O–H groups in total. The number of nitrogens with zero attached hydrogens (tertiary/aromatic N) is 2. The van der Waals surface area contributed by atoms with Crippen LogP contribution in [0.2, 0.25) is 0 Å². The summed E-state index contributed by atoms with van der Waals surface area (Å²) in [5.41, 5.74) is 2.00. The molecule has 0 aliphatic carbocycles. The number of halogens is 1. The van der Waals surface area contributed by atoms with Gasteiger partial charge in [0.1, 0.15) is 5.82 Å². The minimum atomic E-state index is -3.79. The van der Waals surface area contributed by atoms with Crippen molar-refractivity contribution >= 4 is 27.3 Å². The lowest BCUT2D eigenvalue weighted by molar-refractivity contribution is -0.116. The zero-order valence-corrected chi connectivity index (χ0v) is 16.7. The van der Waals surface area contributed by atoms with E-state index in [1.54, 1.807) is 0 Å². The number of nitrogens with one attached hydrogen (secondary N) is 1. The first-order valence-electron chi connectivity index (χ1n) is 8.43. The Bertz CT molecular complexity index is 912. The largest absolute Gasteiger partial charge is 0.378 e. The number of sulfonamides is 1. The highest BCUT2D eigenvalue weighted by Gasteiger charge is 2.18. The lowest BCUT2D eigenvalue weighted by Gasteiger charge is -2.22. The Labute approximate surface area is 159 Å². The summed E-state index contributed by atoms with van der Waals surface area (Å²) in [7, 11) is 0.0507. The van der Waals surface area contributed by atoms with E-state index in [-0.39, 0.29) is 23.9 Å². The zero-order chi connectivity index (χ0) is 20.2. The highest BCUT2D eigenvalue weighted by molar-refractivity contribution is 7.89. The van der Waals surface area contributed by atoms with Crippen LogP contribution < -0.4 is 14.5 Å². The molecular weight excluding hydrogens is 369 g/mol. The van der Waals surface area contributed by atoms with Crippen LogP contribution in [0, 0.1) is 12.7 Å². The Kier molecular flexibility index (Phi) is 6.56. The molecule has 8 heteroatoms. The number of anilines is 2. The maximum atomic E-state index is 13.2. The number of carbonyl (C=O) groups excluding carboxylic acids is 1. The van der Waals surface area contributed by atoms with Gasteiger partial charge in [-0.2, -0.15) is 0 Å². The Morgan fingerprint density at radius 2 is 1.67 bits per heavy atom. The third kappa shape index (κ3) is 5.27. The van der Waals surface area contributed by atoms with Gasteiger partial charge in [-0.15, -0.1) is 0 Å². The first-order valence-corrected chi connectivity index (χ1v) is 9.91. The first kappa shape index (κ1) is 20.9. The minimum absolute atomic E-state index is 0.0219. The quantitative estimate of drug-likeness (QED) is 0.785. The molecule has 27 heavy (non-hydrogen) atoms. The van der Waals surface area contributed by atoms with Crippen LogP contribution in [0.3, 0.4) is 0 Å². The third-order valence-electron chi connectivity index (χ3n) is 4.11. The van der Waals surface area contributed by atoms with Crippen molar-refractivity contribution in [1.29, 1.82) is 0 Å². The van der Waals surface area contributed by atoms with Crippen LogP contribution in [0.25, 0.3) is 0 Å². The van der Waals surface area contributed by atoms with Crippen molar-refractivity contribution in [3.8, 4) is 0 Å². The SMILES string of the molecule is CC(=O)N(CCNS(=O)(=O)c1ccc(F)cc1C)c1ccc(N(C)C)cc1. The average Bonchev–Trinajstić information content (AvgIpc) is 2.58. The lowest BCUT2D eigenvalue weighted by Crippen LogP contribution is -2.37. The molecule has 0 saturated heterocycles. The van der Waals surface area contributed by atoms with Gasteiger partial charge in [-0.25, -0.2) is 17.5 Å². The summed E-state index contributed by atoms with van der Waals surface area (Å²) in [5, 5.41) is 0. The Morgan fingerprint density at radius 1 is 1.07 bits per heavy atom. The van der Waals surface area contributed by atoms with E-state index in [4.69, 9.17) is 0 Å². The average molecular weight is 393 g/mol. The van der Waals surface area contributed by atoms with E-state index in [2.05, 4.69) is 4.72 Å². The molecule has 146 valence electrons. The molecule has 0 saturated carbocycles. The van der Waals surface area contributed by atoms with Crippen molar-refractivity contribution in [3.05, 3.63) is 53.8 Å². The van der Waals surface area contributed by atoms with E-state index in [0.29, 0.717) is 11.3 Å². The molecule has 1 amide bonds. The maximum absolute atomic E-state index is 13.2. The van der Waals surface area contributed by atoms with Gasteiger partial charge in [-0.1, -0.05) is 0 Å². The van der Waals surface area contributed by atoms with Crippen LogP contribution in [0.15, 0.2) is 47.4 Å². The van der Waals surface area contributed by atoms with Crippen molar-refractivity contribution in [1.82, 2.24) is 4.72 Å². The number of carbonyl (C=O) groups is 1. The van der Waals surface area contributed by atoms with Gasteiger partial charge < -0.3 is 9.80 Å². The highest BCUT2D eigenvalue weighted by Crippen LogP contribution is 2.20. The number of hydrogen-bond acceptors (Lipinski definition) is 4.